The summed E-state index contributed by atoms with van der Waals surface area (Å²) in [7, 11) is -3.57. The SMILES string of the molecule is Cc1ccc(S(=O)(=O)N2CCCC(C(=O)NCCSc3ncn[nH]3)C2)cc1. The van der Waals surface area contributed by atoms with Crippen molar-refractivity contribution in [1.82, 2.24) is 24.8 Å². The minimum absolute atomic E-state index is 0.100. The lowest BCUT2D eigenvalue weighted by molar-refractivity contribution is -0.125. The number of benzene rings is 1. The van der Waals surface area contributed by atoms with E-state index < -0.39 is 10.0 Å². The molecule has 1 saturated heterocycles. The minimum atomic E-state index is -3.57. The maximum Gasteiger partial charge on any atom is 0.243 e. The van der Waals surface area contributed by atoms with Crippen molar-refractivity contribution in [2.75, 3.05) is 25.4 Å². The second kappa shape index (κ2) is 8.85. The molecule has 2 heterocycles. The van der Waals surface area contributed by atoms with Crippen molar-refractivity contribution in [3.8, 4) is 0 Å². The summed E-state index contributed by atoms with van der Waals surface area (Å²) in [5.41, 5.74) is 1.01. The van der Waals surface area contributed by atoms with Gasteiger partial charge >= 0.3 is 0 Å². The van der Waals surface area contributed by atoms with Crippen LogP contribution in [0.15, 0.2) is 40.6 Å². The molecule has 146 valence electrons. The van der Waals surface area contributed by atoms with Crippen LogP contribution < -0.4 is 5.32 Å². The van der Waals surface area contributed by atoms with Crippen LogP contribution in [-0.2, 0) is 14.8 Å². The topological polar surface area (TPSA) is 108 Å². The van der Waals surface area contributed by atoms with E-state index in [4.69, 9.17) is 0 Å². The number of piperidine rings is 1. The second-order valence-electron chi connectivity index (χ2n) is 6.45. The fourth-order valence-corrected chi connectivity index (χ4v) is 5.12. The van der Waals surface area contributed by atoms with E-state index in [1.807, 2.05) is 6.92 Å². The Morgan fingerprint density at radius 2 is 2.15 bits per heavy atom. The number of carbonyl (C=O) groups excluding carboxylic acids is 1. The van der Waals surface area contributed by atoms with Gasteiger partial charge in [-0.1, -0.05) is 29.5 Å². The highest BCUT2D eigenvalue weighted by Gasteiger charge is 2.33. The molecule has 1 unspecified atom stereocenters. The van der Waals surface area contributed by atoms with E-state index in [9.17, 15) is 13.2 Å². The molecule has 0 spiro atoms. The van der Waals surface area contributed by atoms with E-state index in [-0.39, 0.29) is 23.3 Å². The number of aromatic amines is 1. The summed E-state index contributed by atoms with van der Waals surface area (Å²) in [6.45, 7) is 3.07. The van der Waals surface area contributed by atoms with Crippen LogP contribution in [0.1, 0.15) is 18.4 Å². The Morgan fingerprint density at radius 3 is 2.85 bits per heavy atom. The molecule has 27 heavy (non-hydrogen) atoms. The molecule has 1 fully saturated rings. The van der Waals surface area contributed by atoms with E-state index in [0.717, 1.165) is 5.56 Å². The van der Waals surface area contributed by atoms with E-state index in [0.29, 0.717) is 36.8 Å². The smallest absolute Gasteiger partial charge is 0.243 e. The zero-order valence-electron chi connectivity index (χ0n) is 15.1. The van der Waals surface area contributed by atoms with Crippen LogP contribution in [0.4, 0.5) is 0 Å². The van der Waals surface area contributed by atoms with E-state index in [1.165, 1.54) is 22.4 Å². The van der Waals surface area contributed by atoms with E-state index in [1.54, 1.807) is 24.3 Å². The lowest BCUT2D eigenvalue weighted by Gasteiger charge is -2.31. The first-order valence-corrected chi connectivity index (χ1v) is 11.2. The molecule has 8 nitrogen and oxygen atoms in total. The van der Waals surface area contributed by atoms with Crippen LogP contribution in [0.25, 0.3) is 0 Å². The highest BCUT2D eigenvalue weighted by molar-refractivity contribution is 7.99. The number of thioether (sulfide) groups is 1. The average molecular weight is 410 g/mol. The summed E-state index contributed by atoms with van der Waals surface area (Å²) >= 11 is 1.47. The van der Waals surface area contributed by atoms with Gasteiger partial charge in [-0.3, -0.25) is 9.89 Å². The highest BCUT2D eigenvalue weighted by Crippen LogP contribution is 2.24. The predicted molar refractivity (Wildman–Crippen MR) is 103 cm³/mol. The predicted octanol–water partition coefficient (Wildman–Crippen LogP) is 1.42. The maximum absolute atomic E-state index is 12.8. The zero-order valence-corrected chi connectivity index (χ0v) is 16.7. The van der Waals surface area contributed by atoms with Gasteiger partial charge in [0.15, 0.2) is 5.16 Å². The molecule has 1 aliphatic rings. The van der Waals surface area contributed by atoms with Gasteiger partial charge in [-0.15, -0.1) is 0 Å². The minimum Gasteiger partial charge on any atom is -0.355 e. The quantitative estimate of drug-likeness (QED) is 0.529. The Balaban J connectivity index is 1.53. The molecule has 0 saturated carbocycles. The number of hydrogen-bond acceptors (Lipinski definition) is 6. The molecule has 1 aromatic carbocycles. The molecule has 1 aliphatic heterocycles. The number of nitrogens with zero attached hydrogens (tertiary/aromatic N) is 3. The normalized spacial score (nSPS) is 18.3. The van der Waals surface area contributed by atoms with Crippen LogP contribution in [0.3, 0.4) is 0 Å². The standard InChI is InChI=1S/C17H23N5O3S2/c1-13-4-6-15(7-5-13)27(24,25)22-9-2-3-14(11-22)16(23)18-8-10-26-17-19-12-20-21-17/h4-7,12,14H,2-3,8-11H2,1H3,(H,18,23)(H,19,20,21). The summed E-state index contributed by atoms with van der Waals surface area (Å²) in [6, 6.07) is 6.81. The van der Waals surface area contributed by atoms with Crippen LogP contribution in [0, 0.1) is 12.8 Å². The monoisotopic (exact) mass is 409 g/mol. The molecule has 0 radical (unpaired) electrons. The fourth-order valence-electron chi connectivity index (χ4n) is 2.96. The van der Waals surface area contributed by atoms with Gasteiger partial charge in [0.1, 0.15) is 6.33 Å². The first-order chi connectivity index (χ1) is 13.0. The first kappa shape index (κ1) is 19.8. The Labute approximate surface area is 163 Å². The molecule has 2 N–H and O–H groups in total. The third kappa shape index (κ3) is 5.08. The first-order valence-electron chi connectivity index (χ1n) is 8.79. The number of carbonyl (C=O) groups is 1. The van der Waals surface area contributed by atoms with Crippen molar-refractivity contribution in [1.29, 1.82) is 0 Å². The number of sulfonamides is 1. The molecule has 3 rings (SSSR count). The Kier molecular flexibility index (Phi) is 6.51. The molecular formula is C17H23N5O3S2. The number of nitrogens with one attached hydrogen (secondary N) is 2. The summed E-state index contributed by atoms with van der Waals surface area (Å²) < 4.78 is 27.1. The molecule has 10 heteroatoms. The summed E-state index contributed by atoms with van der Waals surface area (Å²) in [5, 5.41) is 10.1. The van der Waals surface area contributed by atoms with Gasteiger partial charge < -0.3 is 5.32 Å². The Bertz CT molecular complexity index is 853. The molecule has 0 bridgehead atoms. The molecular weight excluding hydrogens is 386 g/mol. The lowest BCUT2D eigenvalue weighted by Crippen LogP contribution is -2.45. The number of aromatic nitrogens is 3. The third-order valence-corrected chi connectivity index (χ3v) is 7.20. The van der Waals surface area contributed by atoms with E-state index in [2.05, 4.69) is 20.5 Å². The van der Waals surface area contributed by atoms with Crippen LogP contribution in [0.5, 0.6) is 0 Å². The summed E-state index contributed by atoms with van der Waals surface area (Å²) in [5.74, 6) is 0.241. The van der Waals surface area contributed by atoms with Crippen molar-refractivity contribution in [2.45, 2.75) is 29.8 Å². The molecule has 1 aromatic heterocycles. The van der Waals surface area contributed by atoms with Crippen molar-refractivity contribution >= 4 is 27.7 Å². The van der Waals surface area contributed by atoms with Crippen molar-refractivity contribution in [2.24, 2.45) is 5.92 Å². The number of aryl methyl sites for hydroxylation is 1. The maximum atomic E-state index is 12.8. The molecule has 2 aromatic rings. The molecule has 0 aliphatic carbocycles. The van der Waals surface area contributed by atoms with Crippen molar-refractivity contribution < 1.29 is 13.2 Å². The average Bonchev–Trinajstić information content (AvgIpc) is 3.19. The van der Waals surface area contributed by atoms with Crippen molar-refractivity contribution in [3.63, 3.8) is 0 Å². The Hall–Kier alpha value is -1.91. The lowest BCUT2D eigenvalue weighted by atomic mass is 9.99. The van der Waals surface area contributed by atoms with Gasteiger partial charge in [0.05, 0.1) is 10.8 Å². The van der Waals surface area contributed by atoms with Crippen LogP contribution >= 0.6 is 11.8 Å². The van der Waals surface area contributed by atoms with Gasteiger partial charge in [-0.2, -0.15) is 9.40 Å². The number of H-pyrrole nitrogens is 1. The number of rotatable bonds is 7. The molecule has 1 amide bonds. The largest absolute Gasteiger partial charge is 0.355 e. The van der Waals surface area contributed by atoms with Crippen molar-refractivity contribution in [3.05, 3.63) is 36.2 Å². The fraction of sp³-hybridized carbons (Fsp3) is 0.471. The van der Waals surface area contributed by atoms with Gasteiger partial charge in [-0.05, 0) is 31.9 Å². The van der Waals surface area contributed by atoms with Crippen LogP contribution in [-0.4, -0.2) is 59.2 Å². The molecule has 1 atom stereocenters. The number of hydrogen-bond donors (Lipinski definition) is 2. The van der Waals surface area contributed by atoms with Gasteiger partial charge in [-0.25, -0.2) is 13.4 Å². The Morgan fingerprint density at radius 1 is 1.37 bits per heavy atom. The highest BCUT2D eigenvalue weighted by atomic mass is 32.2. The van der Waals surface area contributed by atoms with Gasteiger partial charge in [0.2, 0.25) is 15.9 Å². The third-order valence-electron chi connectivity index (χ3n) is 4.45. The van der Waals surface area contributed by atoms with E-state index >= 15 is 0 Å². The summed E-state index contributed by atoms with van der Waals surface area (Å²) in [4.78, 5) is 16.7. The second-order valence-corrected chi connectivity index (χ2v) is 9.47. The number of amides is 1. The summed E-state index contributed by atoms with van der Waals surface area (Å²) in [6.07, 6.45) is 2.81. The zero-order chi connectivity index (χ0) is 19.3. The van der Waals surface area contributed by atoms with Crippen LogP contribution in [0.2, 0.25) is 0 Å². The van der Waals surface area contributed by atoms with Gasteiger partial charge in [0.25, 0.3) is 0 Å². The van der Waals surface area contributed by atoms with Gasteiger partial charge in [0, 0.05) is 25.4 Å².